The molecule has 30 heavy (non-hydrogen) atoms. The lowest BCUT2D eigenvalue weighted by Crippen LogP contribution is -2.15. The maximum atomic E-state index is 6.02. The third-order valence-corrected chi connectivity index (χ3v) is 7.74. The second kappa shape index (κ2) is 6.93. The SMILES string of the molecule is Cc1sc(-c2ccc(-c3sc(C)c4c3OCCO4)c3ccccc23)c2c1OCCO2. The van der Waals surface area contributed by atoms with E-state index in [-0.39, 0.29) is 0 Å². The van der Waals surface area contributed by atoms with Gasteiger partial charge in [-0.05, 0) is 24.6 Å². The summed E-state index contributed by atoms with van der Waals surface area (Å²) in [5.74, 6) is 3.54. The molecule has 2 aliphatic heterocycles. The second-order valence-corrected chi connectivity index (χ2v) is 9.84. The van der Waals surface area contributed by atoms with Crippen LogP contribution in [0.5, 0.6) is 23.0 Å². The van der Waals surface area contributed by atoms with E-state index < -0.39 is 0 Å². The van der Waals surface area contributed by atoms with E-state index in [4.69, 9.17) is 18.9 Å². The predicted molar refractivity (Wildman–Crippen MR) is 122 cm³/mol. The van der Waals surface area contributed by atoms with Crippen molar-refractivity contribution in [3.63, 3.8) is 0 Å². The molecule has 0 saturated carbocycles. The predicted octanol–water partition coefficient (Wildman–Crippen LogP) is 6.46. The molecule has 0 radical (unpaired) electrons. The van der Waals surface area contributed by atoms with E-state index in [1.54, 1.807) is 22.7 Å². The van der Waals surface area contributed by atoms with Crippen LogP contribution in [0.1, 0.15) is 9.75 Å². The molecule has 2 aliphatic rings. The Hall–Kier alpha value is -2.70. The molecular weight excluding hydrogens is 416 g/mol. The third kappa shape index (κ3) is 2.63. The van der Waals surface area contributed by atoms with Gasteiger partial charge in [0.1, 0.15) is 26.4 Å². The van der Waals surface area contributed by atoms with Gasteiger partial charge in [-0.1, -0.05) is 36.4 Å². The molecule has 0 bridgehead atoms. The number of benzene rings is 2. The number of rotatable bonds is 2. The first-order chi connectivity index (χ1) is 14.7. The summed E-state index contributed by atoms with van der Waals surface area (Å²) in [6.07, 6.45) is 0. The van der Waals surface area contributed by atoms with E-state index in [0.29, 0.717) is 26.4 Å². The first-order valence-corrected chi connectivity index (χ1v) is 11.7. The maximum absolute atomic E-state index is 6.02. The average molecular weight is 437 g/mol. The molecule has 0 fully saturated rings. The van der Waals surface area contributed by atoms with E-state index in [9.17, 15) is 0 Å². The number of hydrogen-bond acceptors (Lipinski definition) is 6. The van der Waals surface area contributed by atoms with Crippen molar-refractivity contribution in [2.24, 2.45) is 0 Å². The van der Waals surface area contributed by atoms with Crippen molar-refractivity contribution < 1.29 is 18.9 Å². The van der Waals surface area contributed by atoms with Gasteiger partial charge in [0, 0.05) is 20.9 Å². The molecule has 0 amide bonds. The first-order valence-electron chi connectivity index (χ1n) is 10.0. The van der Waals surface area contributed by atoms with Crippen LogP contribution in [0.4, 0.5) is 0 Å². The highest BCUT2D eigenvalue weighted by atomic mass is 32.1. The van der Waals surface area contributed by atoms with Crippen molar-refractivity contribution in [3.05, 3.63) is 46.2 Å². The van der Waals surface area contributed by atoms with Crippen LogP contribution in [0, 0.1) is 13.8 Å². The quantitative estimate of drug-likeness (QED) is 0.362. The molecule has 0 N–H and O–H groups in total. The van der Waals surface area contributed by atoms with E-state index in [2.05, 4.69) is 50.2 Å². The summed E-state index contributed by atoms with van der Waals surface area (Å²) in [6.45, 7) is 6.57. The molecule has 6 heteroatoms. The molecule has 4 nitrogen and oxygen atoms in total. The molecule has 152 valence electrons. The Labute approximate surface area is 182 Å². The van der Waals surface area contributed by atoms with Crippen molar-refractivity contribution in [1.82, 2.24) is 0 Å². The molecule has 0 saturated heterocycles. The summed E-state index contributed by atoms with van der Waals surface area (Å²) >= 11 is 3.47. The van der Waals surface area contributed by atoms with Crippen LogP contribution in [-0.2, 0) is 0 Å². The standard InChI is InChI=1S/C24H20O4S2/c1-13-19-21(27-11-9-25-19)23(29-13)17-7-8-18(16-6-4-3-5-15(16)17)24-22-20(14(2)30-24)26-10-12-28-22/h3-8H,9-12H2,1-2H3. The third-order valence-electron chi connectivity index (χ3n) is 5.54. The minimum atomic E-state index is 0.587. The fourth-order valence-corrected chi connectivity index (χ4v) is 6.40. The summed E-state index contributed by atoms with van der Waals surface area (Å²) in [7, 11) is 0. The van der Waals surface area contributed by atoms with Gasteiger partial charge >= 0.3 is 0 Å². The van der Waals surface area contributed by atoms with Crippen molar-refractivity contribution in [3.8, 4) is 43.9 Å². The van der Waals surface area contributed by atoms with Crippen LogP contribution in [0.25, 0.3) is 31.7 Å². The molecule has 4 heterocycles. The molecule has 0 spiro atoms. The summed E-state index contributed by atoms with van der Waals surface area (Å²) in [6, 6.07) is 13.0. The highest BCUT2D eigenvalue weighted by Crippen LogP contribution is 2.53. The molecule has 6 rings (SSSR count). The van der Waals surface area contributed by atoms with E-state index >= 15 is 0 Å². The van der Waals surface area contributed by atoms with E-state index in [1.807, 2.05) is 0 Å². The Bertz CT molecular complexity index is 1190. The first kappa shape index (κ1) is 18.1. The lowest BCUT2D eigenvalue weighted by molar-refractivity contribution is 0.173. The van der Waals surface area contributed by atoms with Crippen LogP contribution in [0.15, 0.2) is 36.4 Å². The molecule has 0 unspecified atom stereocenters. The zero-order valence-corrected chi connectivity index (χ0v) is 18.4. The lowest BCUT2D eigenvalue weighted by Gasteiger charge is -2.18. The zero-order chi connectivity index (χ0) is 20.2. The minimum absolute atomic E-state index is 0.587. The van der Waals surface area contributed by atoms with Gasteiger partial charge in [0.2, 0.25) is 0 Å². The fourth-order valence-electron chi connectivity index (χ4n) is 4.24. The number of fused-ring (bicyclic) bond motifs is 3. The van der Waals surface area contributed by atoms with Gasteiger partial charge in [0.15, 0.2) is 23.0 Å². The molecule has 4 aromatic rings. The molecule has 2 aromatic carbocycles. The van der Waals surface area contributed by atoms with Crippen LogP contribution < -0.4 is 18.9 Å². The van der Waals surface area contributed by atoms with Crippen molar-refractivity contribution >= 4 is 33.4 Å². The summed E-state index contributed by atoms with van der Waals surface area (Å²) in [5.41, 5.74) is 2.35. The van der Waals surface area contributed by atoms with Gasteiger partial charge in [0.05, 0.1) is 9.75 Å². The highest BCUT2D eigenvalue weighted by molar-refractivity contribution is 7.16. The fraction of sp³-hybridized carbons (Fsp3) is 0.250. The Kier molecular flexibility index (Phi) is 4.18. The summed E-state index contributed by atoms with van der Waals surface area (Å²) in [5, 5.41) is 2.40. The Morgan fingerprint density at radius 1 is 0.567 bits per heavy atom. The zero-order valence-electron chi connectivity index (χ0n) is 16.7. The normalized spacial score (nSPS) is 14.9. The highest BCUT2D eigenvalue weighted by Gasteiger charge is 2.27. The minimum Gasteiger partial charge on any atom is -0.485 e. The van der Waals surface area contributed by atoms with Gasteiger partial charge in [0.25, 0.3) is 0 Å². The van der Waals surface area contributed by atoms with Gasteiger partial charge in [-0.25, -0.2) is 0 Å². The topological polar surface area (TPSA) is 36.9 Å². The van der Waals surface area contributed by atoms with E-state index in [0.717, 1.165) is 42.5 Å². The van der Waals surface area contributed by atoms with E-state index in [1.165, 1.54) is 21.9 Å². The summed E-state index contributed by atoms with van der Waals surface area (Å²) in [4.78, 5) is 4.57. The Morgan fingerprint density at radius 3 is 1.40 bits per heavy atom. The average Bonchev–Trinajstić information content (AvgIpc) is 3.31. The Morgan fingerprint density at radius 2 is 0.967 bits per heavy atom. The maximum Gasteiger partial charge on any atom is 0.180 e. The van der Waals surface area contributed by atoms with Gasteiger partial charge in [-0.3, -0.25) is 0 Å². The number of hydrogen-bond donors (Lipinski definition) is 0. The van der Waals surface area contributed by atoms with Gasteiger partial charge in [-0.2, -0.15) is 0 Å². The van der Waals surface area contributed by atoms with Crippen molar-refractivity contribution in [2.75, 3.05) is 26.4 Å². The monoisotopic (exact) mass is 436 g/mol. The summed E-state index contributed by atoms with van der Waals surface area (Å²) < 4.78 is 23.8. The molecular formula is C24H20O4S2. The molecule has 0 atom stereocenters. The number of aryl methyl sites for hydroxylation is 2. The van der Waals surface area contributed by atoms with Crippen LogP contribution in [0.2, 0.25) is 0 Å². The number of ether oxygens (including phenoxy) is 4. The van der Waals surface area contributed by atoms with Crippen LogP contribution in [0.3, 0.4) is 0 Å². The van der Waals surface area contributed by atoms with Gasteiger partial charge < -0.3 is 18.9 Å². The van der Waals surface area contributed by atoms with Crippen LogP contribution >= 0.6 is 22.7 Å². The number of thiophene rings is 2. The second-order valence-electron chi connectivity index (χ2n) is 7.39. The largest absolute Gasteiger partial charge is 0.485 e. The van der Waals surface area contributed by atoms with Crippen LogP contribution in [-0.4, -0.2) is 26.4 Å². The van der Waals surface area contributed by atoms with Crippen molar-refractivity contribution in [2.45, 2.75) is 13.8 Å². The van der Waals surface area contributed by atoms with Gasteiger partial charge in [-0.15, -0.1) is 22.7 Å². The van der Waals surface area contributed by atoms with Crippen molar-refractivity contribution in [1.29, 1.82) is 0 Å². The lowest BCUT2D eigenvalue weighted by atomic mass is 9.97. The smallest absolute Gasteiger partial charge is 0.180 e. The molecule has 0 aliphatic carbocycles. The Balaban J connectivity index is 1.58. The molecule has 2 aromatic heterocycles.